The van der Waals surface area contributed by atoms with E-state index >= 15 is 0 Å². The first-order valence-electron chi connectivity index (χ1n) is 6.65. The second kappa shape index (κ2) is 6.72. The van der Waals surface area contributed by atoms with Crippen LogP contribution in [0.3, 0.4) is 0 Å². The minimum Gasteiger partial charge on any atom is -0.411 e. The maximum Gasteiger partial charge on any atom is 0.158 e. The van der Waals surface area contributed by atoms with Crippen molar-refractivity contribution >= 4 is 15.5 Å². The van der Waals surface area contributed by atoms with Crippen molar-refractivity contribution in [3.05, 3.63) is 60.2 Å². The molecule has 0 aliphatic heterocycles. The number of hydrogen-bond donors (Lipinski definition) is 2. The average molecular weight is 319 g/mol. The number of sulfone groups is 1. The number of aliphatic hydroxyl groups is 1. The molecule has 0 heterocycles. The summed E-state index contributed by atoms with van der Waals surface area (Å²) in [6.07, 6.45) is 0.997. The number of oxime groups is 1. The van der Waals surface area contributed by atoms with Gasteiger partial charge in [-0.1, -0.05) is 59.8 Å². The summed E-state index contributed by atoms with van der Waals surface area (Å²) in [5, 5.41) is 20.3. The molecule has 0 bridgehead atoms. The molecule has 22 heavy (non-hydrogen) atoms. The third kappa shape index (κ3) is 3.52. The highest BCUT2D eigenvalue weighted by Gasteiger charge is 2.27. The lowest BCUT2D eigenvalue weighted by Crippen LogP contribution is -2.33. The molecular formula is C16H17NO4S. The fraction of sp³-hybridized carbons (Fsp3) is 0.188. The molecule has 0 saturated carbocycles. The SMILES string of the molecule is CS(=O)(=O)[C@H](CO)/C(=N\O)c1ccc(-c2ccccc2)cc1. The van der Waals surface area contributed by atoms with Gasteiger partial charge in [0, 0.05) is 11.8 Å². The van der Waals surface area contributed by atoms with Gasteiger partial charge in [-0.2, -0.15) is 0 Å². The standard InChI is InChI=1S/C16H17NO4S/c1-22(20,21)15(11-18)16(17-19)14-9-7-13(8-10-14)12-5-3-2-4-6-12/h2-10,15,18-19H,11H2,1H3/b17-16-/t15-/m1/s1. The van der Waals surface area contributed by atoms with Gasteiger partial charge in [0.25, 0.3) is 0 Å². The summed E-state index contributed by atoms with van der Waals surface area (Å²) in [6.45, 7) is -0.640. The van der Waals surface area contributed by atoms with Gasteiger partial charge < -0.3 is 10.3 Å². The van der Waals surface area contributed by atoms with E-state index in [4.69, 9.17) is 5.21 Å². The van der Waals surface area contributed by atoms with Gasteiger partial charge in [0.2, 0.25) is 0 Å². The van der Waals surface area contributed by atoms with Crippen molar-refractivity contribution in [1.82, 2.24) is 0 Å². The molecule has 0 amide bonds. The molecule has 1 atom stereocenters. The van der Waals surface area contributed by atoms with Gasteiger partial charge >= 0.3 is 0 Å². The Hall–Kier alpha value is -2.18. The lowest BCUT2D eigenvalue weighted by atomic mass is 10.0. The van der Waals surface area contributed by atoms with Gasteiger partial charge in [0.05, 0.1) is 6.61 Å². The molecule has 0 unspecified atom stereocenters. The summed E-state index contributed by atoms with van der Waals surface area (Å²) in [6, 6.07) is 16.7. The molecule has 6 heteroatoms. The number of aliphatic hydroxyl groups excluding tert-OH is 1. The van der Waals surface area contributed by atoms with Gasteiger partial charge in [-0.05, 0) is 11.1 Å². The quantitative estimate of drug-likeness (QED) is 0.501. The topological polar surface area (TPSA) is 87.0 Å². The van der Waals surface area contributed by atoms with Crippen LogP contribution in [-0.2, 0) is 9.84 Å². The summed E-state index contributed by atoms with van der Waals surface area (Å²) >= 11 is 0. The van der Waals surface area contributed by atoms with Gasteiger partial charge in [0.1, 0.15) is 11.0 Å². The van der Waals surface area contributed by atoms with Crippen molar-refractivity contribution in [1.29, 1.82) is 0 Å². The Labute approximate surface area is 129 Å². The van der Waals surface area contributed by atoms with E-state index in [2.05, 4.69) is 5.16 Å². The highest BCUT2D eigenvalue weighted by atomic mass is 32.2. The molecule has 2 N–H and O–H groups in total. The molecule has 2 aromatic rings. The number of rotatable bonds is 5. The normalized spacial score (nSPS) is 13.8. The third-order valence-corrected chi connectivity index (χ3v) is 4.79. The molecule has 2 aromatic carbocycles. The van der Waals surface area contributed by atoms with Crippen LogP contribution < -0.4 is 0 Å². The summed E-state index contributed by atoms with van der Waals surface area (Å²) in [5.74, 6) is 0. The minimum atomic E-state index is -3.58. The number of benzene rings is 2. The van der Waals surface area contributed by atoms with E-state index in [1.807, 2.05) is 42.5 Å². The lowest BCUT2D eigenvalue weighted by Gasteiger charge is -2.14. The molecule has 0 aromatic heterocycles. The summed E-state index contributed by atoms with van der Waals surface area (Å²) in [4.78, 5) is 0. The first-order valence-corrected chi connectivity index (χ1v) is 8.60. The fourth-order valence-electron chi connectivity index (χ4n) is 2.20. The maximum absolute atomic E-state index is 11.7. The van der Waals surface area contributed by atoms with Crippen molar-refractivity contribution in [2.24, 2.45) is 5.16 Å². The zero-order valence-electron chi connectivity index (χ0n) is 12.0. The fourth-order valence-corrected chi connectivity index (χ4v) is 3.06. The van der Waals surface area contributed by atoms with Crippen LogP contribution in [0.4, 0.5) is 0 Å². The molecular weight excluding hydrogens is 302 g/mol. The molecule has 2 rings (SSSR count). The average Bonchev–Trinajstić information content (AvgIpc) is 2.52. The lowest BCUT2D eigenvalue weighted by molar-refractivity contribution is 0.296. The summed E-state index contributed by atoms with van der Waals surface area (Å²) < 4.78 is 23.3. The molecule has 0 fully saturated rings. The number of nitrogens with zero attached hydrogens (tertiary/aromatic N) is 1. The van der Waals surface area contributed by atoms with E-state index in [0.29, 0.717) is 5.56 Å². The maximum atomic E-state index is 11.7. The zero-order valence-corrected chi connectivity index (χ0v) is 12.9. The van der Waals surface area contributed by atoms with Crippen LogP contribution in [0.2, 0.25) is 0 Å². The first-order chi connectivity index (χ1) is 10.5. The molecule has 116 valence electrons. The van der Waals surface area contributed by atoms with E-state index in [1.54, 1.807) is 12.1 Å². The van der Waals surface area contributed by atoms with Crippen LogP contribution in [-0.4, -0.2) is 42.6 Å². The molecule has 0 aliphatic rings. The Kier molecular flexibility index (Phi) is 4.95. The smallest absolute Gasteiger partial charge is 0.158 e. The Morgan fingerprint density at radius 2 is 1.59 bits per heavy atom. The van der Waals surface area contributed by atoms with Crippen molar-refractivity contribution in [3.63, 3.8) is 0 Å². The van der Waals surface area contributed by atoms with Crippen LogP contribution in [0.1, 0.15) is 5.56 Å². The monoisotopic (exact) mass is 319 g/mol. The van der Waals surface area contributed by atoms with Crippen LogP contribution in [0.5, 0.6) is 0 Å². The highest BCUT2D eigenvalue weighted by Crippen LogP contribution is 2.20. The summed E-state index contributed by atoms with van der Waals surface area (Å²) in [5.41, 5.74) is 2.37. The Morgan fingerprint density at radius 1 is 1.05 bits per heavy atom. The molecule has 0 radical (unpaired) electrons. The molecule has 0 aliphatic carbocycles. The van der Waals surface area contributed by atoms with Crippen LogP contribution in [0.25, 0.3) is 11.1 Å². The van der Waals surface area contributed by atoms with Gasteiger partial charge in [-0.15, -0.1) is 0 Å². The van der Waals surface area contributed by atoms with Crippen LogP contribution in [0, 0.1) is 0 Å². The van der Waals surface area contributed by atoms with Gasteiger partial charge in [0.15, 0.2) is 9.84 Å². The van der Waals surface area contributed by atoms with Crippen molar-refractivity contribution in [2.45, 2.75) is 5.25 Å². The Morgan fingerprint density at radius 3 is 2.05 bits per heavy atom. The van der Waals surface area contributed by atoms with Crippen molar-refractivity contribution in [2.75, 3.05) is 12.9 Å². The molecule has 5 nitrogen and oxygen atoms in total. The van der Waals surface area contributed by atoms with E-state index in [-0.39, 0.29) is 5.71 Å². The van der Waals surface area contributed by atoms with E-state index in [9.17, 15) is 13.5 Å². The van der Waals surface area contributed by atoms with Gasteiger partial charge in [-0.25, -0.2) is 8.42 Å². The van der Waals surface area contributed by atoms with E-state index in [1.165, 1.54) is 0 Å². The van der Waals surface area contributed by atoms with Crippen LogP contribution in [0.15, 0.2) is 59.8 Å². The minimum absolute atomic E-state index is 0.0652. The molecule has 0 saturated heterocycles. The highest BCUT2D eigenvalue weighted by molar-refractivity contribution is 7.92. The van der Waals surface area contributed by atoms with E-state index in [0.717, 1.165) is 17.4 Å². The predicted molar refractivity (Wildman–Crippen MR) is 85.9 cm³/mol. The second-order valence-corrected chi connectivity index (χ2v) is 7.16. The Balaban J connectivity index is 2.37. The zero-order chi connectivity index (χ0) is 16.2. The second-order valence-electron chi connectivity index (χ2n) is 4.93. The first kappa shape index (κ1) is 16.2. The van der Waals surface area contributed by atoms with Gasteiger partial charge in [-0.3, -0.25) is 0 Å². The van der Waals surface area contributed by atoms with Crippen molar-refractivity contribution in [3.8, 4) is 11.1 Å². The molecule has 0 spiro atoms. The van der Waals surface area contributed by atoms with Crippen LogP contribution >= 0.6 is 0 Å². The summed E-state index contributed by atoms with van der Waals surface area (Å²) in [7, 11) is -3.58. The third-order valence-electron chi connectivity index (χ3n) is 3.38. The number of hydrogen-bond acceptors (Lipinski definition) is 5. The van der Waals surface area contributed by atoms with Crippen molar-refractivity contribution < 1.29 is 18.7 Å². The largest absolute Gasteiger partial charge is 0.411 e. The van der Waals surface area contributed by atoms with E-state index < -0.39 is 21.7 Å². The Bertz CT molecular complexity index is 752. The predicted octanol–water partition coefficient (Wildman–Crippen LogP) is 1.94.